The monoisotopic (exact) mass is 561 g/mol. The van der Waals surface area contributed by atoms with Crippen LogP contribution in [0.5, 0.6) is 0 Å². The molecule has 0 saturated carbocycles. The van der Waals surface area contributed by atoms with Crippen LogP contribution in [0.25, 0.3) is 33.1 Å². The van der Waals surface area contributed by atoms with E-state index in [2.05, 4.69) is 34.0 Å². The molecule has 3 heterocycles. The quantitative estimate of drug-likeness (QED) is 0.256. The SMILES string of the molecule is CN1CCC(c2ccc(-c3ccc4ncn(C(c5cccc(F)c5)c5nc6ccccc6[nH]5)c(=O)c4c3F)cc2)CC1. The molecule has 7 rings (SSSR count). The van der Waals surface area contributed by atoms with Gasteiger partial charge in [-0.3, -0.25) is 9.36 Å². The zero-order chi connectivity index (χ0) is 28.8. The Hall–Kier alpha value is -4.69. The van der Waals surface area contributed by atoms with Crippen molar-refractivity contribution in [2.75, 3.05) is 20.1 Å². The van der Waals surface area contributed by atoms with Crippen LogP contribution in [-0.4, -0.2) is 44.6 Å². The number of aromatic amines is 1. The molecule has 6 nitrogen and oxygen atoms in total. The predicted molar refractivity (Wildman–Crippen MR) is 161 cm³/mol. The highest BCUT2D eigenvalue weighted by atomic mass is 19.1. The maximum Gasteiger partial charge on any atom is 0.265 e. The van der Waals surface area contributed by atoms with Crippen LogP contribution in [0, 0.1) is 11.6 Å². The number of piperidine rings is 1. The Balaban J connectivity index is 1.33. The standard InChI is InChI=1S/C34H29F2N5O/c1-40-17-15-22(16-18-40)21-9-11-23(12-10-21)26-13-14-29-30(31(26)36)34(42)41(20-37-29)32(24-5-4-6-25(35)19-24)33-38-27-7-2-3-8-28(27)39-33/h2-14,19-20,22,32H,15-18H2,1H3,(H,38,39). The van der Waals surface area contributed by atoms with E-state index in [0.717, 1.165) is 31.4 Å². The highest BCUT2D eigenvalue weighted by Gasteiger charge is 2.25. The fourth-order valence-electron chi connectivity index (χ4n) is 6.10. The molecular weight excluding hydrogens is 532 g/mol. The smallest absolute Gasteiger partial charge is 0.265 e. The van der Waals surface area contributed by atoms with E-state index in [1.54, 1.807) is 24.3 Å². The number of halogens is 2. The van der Waals surface area contributed by atoms with Crippen LogP contribution in [0.15, 0.2) is 96.1 Å². The molecule has 2 aromatic heterocycles. The molecule has 1 unspecified atom stereocenters. The molecule has 210 valence electrons. The summed E-state index contributed by atoms with van der Waals surface area (Å²) >= 11 is 0. The third-order valence-corrected chi connectivity index (χ3v) is 8.41. The molecule has 0 radical (unpaired) electrons. The summed E-state index contributed by atoms with van der Waals surface area (Å²) in [6, 6.07) is 23.9. The number of likely N-dealkylation sites (tertiary alicyclic amines) is 1. The van der Waals surface area contributed by atoms with Crippen LogP contribution in [0.1, 0.15) is 41.8 Å². The van der Waals surface area contributed by atoms with Gasteiger partial charge in [-0.15, -0.1) is 0 Å². The van der Waals surface area contributed by atoms with E-state index in [-0.39, 0.29) is 10.9 Å². The summed E-state index contributed by atoms with van der Waals surface area (Å²) < 4.78 is 32.0. The van der Waals surface area contributed by atoms with Crippen LogP contribution < -0.4 is 5.56 Å². The summed E-state index contributed by atoms with van der Waals surface area (Å²) in [5.41, 5.74) is 3.92. The molecule has 6 aromatic rings. The van der Waals surface area contributed by atoms with Gasteiger partial charge in [0.2, 0.25) is 0 Å². The third kappa shape index (κ3) is 4.67. The zero-order valence-electron chi connectivity index (χ0n) is 23.1. The summed E-state index contributed by atoms with van der Waals surface area (Å²) in [5.74, 6) is -0.168. The summed E-state index contributed by atoms with van der Waals surface area (Å²) in [7, 11) is 2.14. The van der Waals surface area contributed by atoms with E-state index in [9.17, 15) is 9.18 Å². The number of benzene rings is 4. The molecule has 4 aromatic carbocycles. The Kier molecular flexibility index (Phi) is 6.63. The van der Waals surface area contributed by atoms with Crippen molar-refractivity contribution in [1.29, 1.82) is 0 Å². The Morgan fingerprint density at radius 3 is 2.45 bits per heavy atom. The number of hydrogen-bond donors (Lipinski definition) is 1. The molecule has 1 fully saturated rings. The first-order chi connectivity index (χ1) is 20.5. The van der Waals surface area contributed by atoms with E-state index in [1.165, 1.54) is 28.6 Å². The molecule has 0 spiro atoms. The molecule has 0 amide bonds. The molecule has 1 N–H and O–H groups in total. The van der Waals surface area contributed by atoms with E-state index in [0.29, 0.717) is 33.9 Å². The molecule has 42 heavy (non-hydrogen) atoms. The van der Waals surface area contributed by atoms with Crippen LogP contribution in [0.3, 0.4) is 0 Å². The average Bonchev–Trinajstić information content (AvgIpc) is 3.43. The van der Waals surface area contributed by atoms with Crippen LogP contribution >= 0.6 is 0 Å². The fraction of sp³-hybridized carbons (Fsp3) is 0.206. The summed E-state index contributed by atoms with van der Waals surface area (Å²) in [5, 5.41) is -0.119. The molecule has 1 atom stereocenters. The first-order valence-electron chi connectivity index (χ1n) is 14.1. The summed E-state index contributed by atoms with van der Waals surface area (Å²) in [4.78, 5) is 28.8. The summed E-state index contributed by atoms with van der Waals surface area (Å²) in [6.45, 7) is 2.13. The normalized spacial score (nSPS) is 15.4. The highest BCUT2D eigenvalue weighted by Crippen LogP contribution is 2.32. The number of H-pyrrole nitrogens is 1. The lowest BCUT2D eigenvalue weighted by molar-refractivity contribution is 0.255. The van der Waals surface area contributed by atoms with Crippen molar-refractivity contribution in [2.24, 2.45) is 0 Å². The van der Waals surface area contributed by atoms with Gasteiger partial charge in [0.25, 0.3) is 5.56 Å². The van der Waals surface area contributed by atoms with Crippen molar-refractivity contribution < 1.29 is 8.78 Å². The van der Waals surface area contributed by atoms with Gasteiger partial charge in [0.15, 0.2) is 0 Å². The molecule has 1 aliphatic rings. The fourth-order valence-corrected chi connectivity index (χ4v) is 6.10. The van der Waals surface area contributed by atoms with Crippen molar-refractivity contribution in [3.8, 4) is 11.1 Å². The minimum atomic E-state index is -0.852. The van der Waals surface area contributed by atoms with Crippen molar-refractivity contribution >= 4 is 21.9 Å². The Morgan fingerprint density at radius 1 is 0.905 bits per heavy atom. The van der Waals surface area contributed by atoms with Gasteiger partial charge in [-0.05, 0) is 92.0 Å². The van der Waals surface area contributed by atoms with Crippen LogP contribution in [0.2, 0.25) is 0 Å². The lowest BCUT2D eigenvalue weighted by Crippen LogP contribution is -2.29. The maximum absolute atomic E-state index is 16.3. The topological polar surface area (TPSA) is 66.8 Å². The second kappa shape index (κ2) is 10.6. The molecule has 8 heteroatoms. The number of para-hydroxylation sites is 2. The van der Waals surface area contributed by atoms with Crippen molar-refractivity contribution in [2.45, 2.75) is 24.8 Å². The first kappa shape index (κ1) is 26.2. The Morgan fingerprint density at radius 2 is 1.69 bits per heavy atom. The summed E-state index contributed by atoms with van der Waals surface area (Å²) in [6.07, 6.45) is 3.58. The van der Waals surface area contributed by atoms with E-state index >= 15 is 4.39 Å². The van der Waals surface area contributed by atoms with Gasteiger partial charge in [-0.2, -0.15) is 0 Å². The van der Waals surface area contributed by atoms with E-state index in [4.69, 9.17) is 4.98 Å². The van der Waals surface area contributed by atoms with Gasteiger partial charge >= 0.3 is 0 Å². The Bertz CT molecular complexity index is 1940. The minimum Gasteiger partial charge on any atom is -0.340 e. The maximum atomic E-state index is 16.3. The van der Waals surface area contributed by atoms with E-state index < -0.39 is 23.2 Å². The van der Waals surface area contributed by atoms with Gasteiger partial charge < -0.3 is 9.88 Å². The second-order valence-corrected chi connectivity index (χ2v) is 11.1. The molecular formula is C34H29F2N5O. The highest BCUT2D eigenvalue weighted by molar-refractivity contribution is 5.85. The van der Waals surface area contributed by atoms with Gasteiger partial charge in [0.05, 0.1) is 22.9 Å². The molecule has 1 saturated heterocycles. The van der Waals surface area contributed by atoms with Crippen LogP contribution in [-0.2, 0) is 0 Å². The number of nitrogens with zero attached hydrogens (tertiary/aromatic N) is 4. The van der Waals surface area contributed by atoms with Crippen molar-refractivity contribution in [3.63, 3.8) is 0 Å². The Labute approximate surface area is 241 Å². The lowest BCUT2D eigenvalue weighted by atomic mass is 9.88. The average molecular weight is 562 g/mol. The third-order valence-electron chi connectivity index (χ3n) is 8.41. The zero-order valence-corrected chi connectivity index (χ0v) is 23.1. The molecule has 0 aliphatic carbocycles. The largest absolute Gasteiger partial charge is 0.340 e. The molecule has 1 aliphatic heterocycles. The van der Waals surface area contributed by atoms with Gasteiger partial charge in [0, 0.05) is 5.56 Å². The number of fused-ring (bicyclic) bond motifs is 2. The second-order valence-electron chi connectivity index (χ2n) is 11.1. The van der Waals surface area contributed by atoms with E-state index in [1.807, 2.05) is 36.4 Å². The van der Waals surface area contributed by atoms with Gasteiger partial charge in [-0.25, -0.2) is 18.7 Å². The number of rotatable bonds is 5. The van der Waals surface area contributed by atoms with Gasteiger partial charge in [-0.1, -0.05) is 48.5 Å². The predicted octanol–water partition coefficient (Wildman–Crippen LogP) is 6.66. The van der Waals surface area contributed by atoms with Gasteiger partial charge in [0.1, 0.15) is 28.9 Å². The van der Waals surface area contributed by atoms with Crippen LogP contribution in [0.4, 0.5) is 8.78 Å². The first-order valence-corrected chi connectivity index (χ1v) is 14.1. The molecule has 0 bridgehead atoms. The number of imidazole rings is 1. The lowest BCUT2D eigenvalue weighted by Gasteiger charge is -2.29. The number of aromatic nitrogens is 4. The number of hydrogen-bond acceptors (Lipinski definition) is 4. The van der Waals surface area contributed by atoms with Crippen molar-refractivity contribution in [3.05, 3.63) is 130 Å². The minimum absolute atomic E-state index is 0.119. The number of nitrogens with one attached hydrogen (secondary N) is 1. The van der Waals surface area contributed by atoms with Crippen molar-refractivity contribution in [1.82, 2.24) is 24.4 Å².